The van der Waals surface area contributed by atoms with Crippen LogP contribution in [0.1, 0.15) is 24.5 Å². The quantitative estimate of drug-likeness (QED) is 0.590. The van der Waals surface area contributed by atoms with Gasteiger partial charge in [0.2, 0.25) is 0 Å². The minimum Gasteiger partial charge on any atom is -0.388 e. The van der Waals surface area contributed by atoms with E-state index < -0.39 is 17.2 Å². The average molecular weight is 275 g/mol. The van der Waals surface area contributed by atoms with Crippen LogP contribution in [0.4, 0.5) is 0 Å². The van der Waals surface area contributed by atoms with Gasteiger partial charge in [0, 0.05) is 0 Å². The predicted molar refractivity (Wildman–Crippen MR) is 75.7 cm³/mol. The fraction of sp³-hybridized carbons (Fsp3) is 0.429. The molecule has 1 aliphatic heterocycles. The Hall–Kier alpha value is -1.92. The third-order valence-electron chi connectivity index (χ3n) is 3.92. The van der Waals surface area contributed by atoms with Crippen molar-refractivity contribution < 1.29 is 5.11 Å². The Morgan fingerprint density at radius 2 is 1.70 bits per heavy atom. The molecule has 6 nitrogen and oxygen atoms in total. The van der Waals surface area contributed by atoms with E-state index in [0.717, 1.165) is 31.5 Å². The van der Waals surface area contributed by atoms with Crippen molar-refractivity contribution in [3.63, 3.8) is 0 Å². The molecular weight excluding hydrogens is 258 g/mol. The molecule has 106 valence electrons. The number of aliphatic hydroxyl groups is 1. The van der Waals surface area contributed by atoms with E-state index in [-0.39, 0.29) is 5.92 Å². The molecular formula is C14H17N3O3. The van der Waals surface area contributed by atoms with Gasteiger partial charge in [-0.05, 0) is 49.5 Å². The molecule has 1 atom stereocenters. The molecule has 1 aromatic heterocycles. The normalized spacial score (nSPS) is 18.2. The molecule has 1 saturated heterocycles. The third-order valence-corrected chi connectivity index (χ3v) is 3.92. The van der Waals surface area contributed by atoms with Crippen LogP contribution in [0.3, 0.4) is 0 Å². The van der Waals surface area contributed by atoms with Crippen molar-refractivity contribution in [2.45, 2.75) is 18.9 Å². The first kappa shape index (κ1) is 13.1. The molecule has 1 unspecified atom stereocenters. The molecule has 2 aromatic rings. The molecule has 20 heavy (non-hydrogen) atoms. The largest absolute Gasteiger partial charge is 0.388 e. The highest BCUT2D eigenvalue weighted by atomic mass is 16.3. The first-order valence-corrected chi connectivity index (χ1v) is 6.80. The van der Waals surface area contributed by atoms with Crippen LogP contribution < -0.4 is 16.4 Å². The lowest BCUT2D eigenvalue weighted by atomic mass is 9.88. The van der Waals surface area contributed by atoms with E-state index in [1.807, 2.05) is 0 Å². The number of aromatic amines is 2. The summed E-state index contributed by atoms with van der Waals surface area (Å²) in [5.41, 5.74) is 0.540. The number of benzene rings is 1. The second kappa shape index (κ2) is 5.22. The minimum atomic E-state index is -0.675. The van der Waals surface area contributed by atoms with Crippen LogP contribution in [0.25, 0.3) is 11.0 Å². The molecule has 0 radical (unpaired) electrons. The molecule has 1 fully saturated rings. The summed E-state index contributed by atoms with van der Waals surface area (Å²) in [6.07, 6.45) is 1.32. The lowest BCUT2D eigenvalue weighted by Crippen LogP contribution is -2.31. The number of nitrogens with one attached hydrogen (secondary N) is 3. The lowest BCUT2D eigenvalue weighted by molar-refractivity contribution is 0.0890. The van der Waals surface area contributed by atoms with Gasteiger partial charge in [0.25, 0.3) is 0 Å². The Kier molecular flexibility index (Phi) is 3.42. The first-order chi connectivity index (χ1) is 9.65. The van der Waals surface area contributed by atoms with Crippen molar-refractivity contribution in [2.75, 3.05) is 13.1 Å². The Balaban J connectivity index is 1.97. The van der Waals surface area contributed by atoms with Gasteiger partial charge in [0.1, 0.15) is 0 Å². The van der Waals surface area contributed by atoms with Gasteiger partial charge in [-0.1, -0.05) is 6.07 Å². The highest BCUT2D eigenvalue weighted by Gasteiger charge is 2.23. The van der Waals surface area contributed by atoms with Gasteiger partial charge in [-0.2, -0.15) is 0 Å². The summed E-state index contributed by atoms with van der Waals surface area (Å²) in [6, 6.07) is 5.25. The Labute approximate surface area is 114 Å². The number of H-pyrrole nitrogens is 2. The number of aliphatic hydroxyl groups excluding tert-OH is 1. The molecule has 0 bridgehead atoms. The zero-order valence-electron chi connectivity index (χ0n) is 11.0. The summed E-state index contributed by atoms with van der Waals surface area (Å²) in [5, 5.41) is 13.7. The SMILES string of the molecule is O=c1[nH]c2ccc(C(O)C3CCNCC3)cc2[nH]c1=O. The highest BCUT2D eigenvalue weighted by molar-refractivity contribution is 5.74. The van der Waals surface area contributed by atoms with E-state index in [4.69, 9.17) is 0 Å². The Morgan fingerprint density at radius 1 is 1.05 bits per heavy atom. The summed E-state index contributed by atoms with van der Waals surface area (Å²) in [6.45, 7) is 1.83. The molecule has 4 N–H and O–H groups in total. The number of rotatable bonds is 2. The Morgan fingerprint density at radius 3 is 2.40 bits per heavy atom. The lowest BCUT2D eigenvalue weighted by Gasteiger charge is -2.27. The zero-order chi connectivity index (χ0) is 14.1. The Bertz CT molecular complexity index is 728. The molecule has 3 rings (SSSR count). The van der Waals surface area contributed by atoms with Gasteiger partial charge < -0.3 is 20.4 Å². The molecule has 0 amide bonds. The summed E-state index contributed by atoms with van der Waals surface area (Å²) >= 11 is 0. The number of fused-ring (bicyclic) bond motifs is 1. The van der Waals surface area contributed by atoms with Crippen LogP contribution in [0.2, 0.25) is 0 Å². The predicted octanol–water partition coefficient (Wildman–Crippen LogP) is 0.249. The maximum Gasteiger partial charge on any atom is 0.314 e. The van der Waals surface area contributed by atoms with Crippen LogP contribution in [-0.4, -0.2) is 28.2 Å². The van der Waals surface area contributed by atoms with Gasteiger partial charge >= 0.3 is 11.1 Å². The molecule has 0 saturated carbocycles. The molecule has 1 aromatic carbocycles. The van der Waals surface area contributed by atoms with Crippen LogP contribution in [0.5, 0.6) is 0 Å². The minimum absolute atomic E-state index is 0.225. The van der Waals surface area contributed by atoms with Gasteiger partial charge in [0.05, 0.1) is 17.1 Å². The molecule has 0 spiro atoms. The second-order valence-corrected chi connectivity index (χ2v) is 5.25. The number of hydrogen-bond acceptors (Lipinski definition) is 4. The van der Waals surface area contributed by atoms with Crippen LogP contribution in [-0.2, 0) is 0 Å². The highest BCUT2D eigenvalue weighted by Crippen LogP contribution is 2.29. The summed E-state index contributed by atoms with van der Waals surface area (Å²) in [4.78, 5) is 27.6. The van der Waals surface area contributed by atoms with Crippen molar-refractivity contribution >= 4 is 11.0 Å². The zero-order valence-corrected chi connectivity index (χ0v) is 11.0. The van der Waals surface area contributed by atoms with E-state index >= 15 is 0 Å². The molecule has 0 aliphatic carbocycles. The van der Waals surface area contributed by atoms with E-state index in [9.17, 15) is 14.7 Å². The van der Waals surface area contributed by atoms with Crippen molar-refractivity contribution in [3.8, 4) is 0 Å². The third kappa shape index (κ3) is 2.39. The van der Waals surface area contributed by atoms with E-state index in [0.29, 0.717) is 11.0 Å². The maximum atomic E-state index is 11.3. The first-order valence-electron chi connectivity index (χ1n) is 6.80. The number of hydrogen-bond donors (Lipinski definition) is 4. The molecule has 2 heterocycles. The smallest absolute Gasteiger partial charge is 0.314 e. The number of piperidine rings is 1. The second-order valence-electron chi connectivity index (χ2n) is 5.25. The van der Waals surface area contributed by atoms with Crippen molar-refractivity contribution in [2.24, 2.45) is 5.92 Å². The van der Waals surface area contributed by atoms with Crippen molar-refractivity contribution in [1.82, 2.24) is 15.3 Å². The van der Waals surface area contributed by atoms with Crippen molar-refractivity contribution in [3.05, 3.63) is 44.5 Å². The van der Waals surface area contributed by atoms with Crippen molar-refractivity contribution in [1.29, 1.82) is 0 Å². The van der Waals surface area contributed by atoms with Gasteiger partial charge in [-0.15, -0.1) is 0 Å². The number of aromatic nitrogens is 2. The average Bonchev–Trinajstić information content (AvgIpc) is 2.48. The summed E-state index contributed by atoms with van der Waals surface area (Å²) in [7, 11) is 0. The van der Waals surface area contributed by atoms with Crippen LogP contribution in [0.15, 0.2) is 27.8 Å². The molecule has 6 heteroatoms. The summed E-state index contributed by atoms with van der Waals surface area (Å²) < 4.78 is 0. The van der Waals surface area contributed by atoms with E-state index in [1.54, 1.807) is 18.2 Å². The molecule has 1 aliphatic rings. The van der Waals surface area contributed by atoms with Gasteiger partial charge in [-0.25, -0.2) is 0 Å². The van der Waals surface area contributed by atoms with Gasteiger partial charge in [-0.3, -0.25) is 9.59 Å². The van der Waals surface area contributed by atoms with Crippen LogP contribution >= 0.6 is 0 Å². The summed E-state index contributed by atoms with van der Waals surface area (Å²) in [5.74, 6) is 0.225. The van der Waals surface area contributed by atoms with Crippen LogP contribution in [0, 0.1) is 5.92 Å². The monoisotopic (exact) mass is 275 g/mol. The van der Waals surface area contributed by atoms with E-state index in [2.05, 4.69) is 15.3 Å². The maximum absolute atomic E-state index is 11.3. The van der Waals surface area contributed by atoms with E-state index in [1.165, 1.54) is 0 Å². The standard InChI is InChI=1S/C14H17N3O3/c18-12(8-3-5-15-6-4-8)9-1-2-10-11(7-9)17-14(20)13(19)16-10/h1-2,7-8,12,15,18H,3-6H2,(H,16,19)(H,17,20). The van der Waals surface area contributed by atoms with Gasteiger partial charge in [0.15, 0.2) is 0 Å². The fourth-order valence-electron chi connectivity index (χ4n) is 2.75. The fourth-order valence-corrected chi connectivity index (χ4v) is 2.75. The topological polar surface area (TPSA) is 98.0 Å².